The van der Waals surface area contributed by atoms with E-state index in [0.717, 1.165) is 16.9 Å². The lowest BCUT2D eigenvalue weighted by Gasteiger charge is -2.16. The van der Waals surface area contributed by atoms with Crippen molar-refractivity contribution < 1.29 is 9.53 Å². The van der Waals surface area contributed by atoms with Gasteiger partial charge >= 0.3 is 0 Å². The monoisotopic (exact) mass is 354 g/mol. The number of thioether (sulfide) groups is 1. The molecule has 1 aromatic heterocycles. The minimum absolute atomic E-state index is 0.00267. The van der Waals surface area contributed by atoms with Gasteiger partial charge in [-0.05, 0) is 17.7 Å². The summed E-state index contributed by atoms with van der Waals surface area (Å²) in [5, 5.41) is 14.0. The lowest BCUT2D eigenvalue weighted by atomic mass is 10.0. The lowest BCUT2D eigenvalue weighted by molar-refractivity contribution is 0.0982. The van der Waals surface area contributed by atoms with E-state index in [2.05, 4.69) is 20.6 Å². The van der Waals surface area contributed by atoms with Crippen molar-refractivity contribution >= 4 is 17.5 Å². The molecule has 0 aliphatic rings. The van der Waals surface area contributed by atoms with Crippen LogP contribution in [0.25, 0.3) is 0 Å². The molecule has 3 rings (SSSR count). The number of carbonyl (C=O) groups excluding carboxylic acids is 1. The molecule has 25 heavy (non-hydrogen) atoms. The molecular formula is C18H18N4O2S. The highest BCUT2D eigenvalue weighted by Crippen LogP contribution is 2.35. The van der Waals surface area contributed by atoms with Crippen molar-refractivity contribution in [1.82, 2.24) is 20.6 Å². The van der Waals surface area contributed by atoms with Gasteiger partial charge in [0.15, 0.2) is 11.6 Å². The summed E-state index contributed by atoms with van der Waals surface area (Å²) in [4.78, 5) is 12.6. The molecule has 1 unspecified atom stereocenters. The first-order valence-corrected chi connectivity index (χ1v) is 8.87. The predicted octanol–water partition coefficient (Wildman–Crippen LogP) is 3.46. The van der Waals surface area contributed by atoms with Crippen LogP contribution in [0.1, 0.15) is 33.4 Å². The van der Waals surface area contributed by atoms with Gasteiger partial charge in [-0.1, -0.05) is 47.7 Å². The zero-order chi connectivity index (χ0) is 17.5. The van der Waals surface area contributed by atoms with Crippen LogP contribution >= 0.6 is 11.8 Å². The minimum Gasteiger partial charge on any atom is -0.497 e. The number of methoxy groups -OCH3 is 1. The molecule has 0 aliphatic heterocycles. The zero-order valence-electron chi connectivity index (χ0n) is 13.8. The third-order valence-corrected chi connectivity index (χ3v) is 5.02. The van der Waals surface area contributed by atoms with E-state index in [1.54, 1.807) is 18.9 Å². The van der Waals surface area contributed by atoms with Crippen molar-refractivity contribution in [2.45, 2.75) is 17.4 Å². The molecule has 1 atom stereocenters. The molecule has 0 aliphatic carbocycles. The molecular weight excluding hydrogens is 336 g/mol. The number of carbonyl (C=O) groups is 1. The third kappa shape index (κ3) is 4.67. The Labute approximate surface area is 150 Å². The molecule has 0 saturated heterocycles. The summed E-state index contributed by atoms with van der Waals surface area (Å²) in [6.07, 6.45) is 0.402. The quantitative estimate of drug-likeness (QED) is 0.624. The number of aromatic amines is 1. The van der Waals surface area contributed by atoms with Crippen molar-refractivity contribution in [2.75, 3.05) is 7.11 Å². The zero-order valence-corrected chi connectivity index (χ0v) is 14.6. The van der Waals surface area contributed by atoms with Crippen molar-refractivity contribution in [3.63, 3.8) is 0 Å². The molecule has 7 heteroatoms. The molecule has 0 saturated carbocycles. The van der Waals surface area contributed by atoms with E-state index in [1.807, 2.05) is 54.6 Å². The first kappa shape index (κ1) is 17.2. The van der Waals surface area contributed by atoms with E-state index in [0.29, 0.717) is 18.0 Å². The number of ketones is 1. The van der Waals surface area contributed by atoms with Gasteiger partial charge in [0, 0.05) is 17.2 Å². The molecule has 128 valence electrons. The molecule has 0 fully saturated rings. The number of benzene rings is 2. The van der Waals surface area contributed by atoms with Crippen LogP contribution < -0.4 is 4.74 Å². The van der Waals surface area contributed by atoms with Gasteiger partial charge in [-0.2, -0.15) is 5.21 Å². The second-order valence-corrected chi connectivity index (χ2v) is 6.59. The summed E-state index contributed by atoms with van der Waals surface area (Å²) in [6.45, 7) is 0. The molecule has 2 aromatic carbocycles. The molecule has 0 radical (unpaired) electrons. The molecule has 1 N–H and O–H groups in total. The third-order valence-electron chi connectivity index (χ3n) is 3.76. The fourth-order valence-electron chi connectivity index (χ4n) is 2.42. The first-order valence-electron chi connectivity index (χ1n) is 7.82. The van der Waals surface area contributed by atoms with E-state index in [-0.39, 0.29) is 11.0 Å². The van der Waals surface area contributed by atoms with Gasteiger partial charge < -0.3 is 4.74 Å². The molecule has 0 spiro atoms. The van der Waals surface area contributed by atoms with Crippen LogP contribution in [0, 0.1) is 0 Å². The van der Waals surface area contributed by atoms with E-state index in [9.17, 15) is 4.79 Å². The highest BCUT2D eigenvalue weighted by molar-refractivity contribution is 7.98. The van der Waals surface area contributed by atoms with Gasteiger partial charge in [0.2, 0.25) is 0 Å². The van der Waals surface area contributed by atoms with Crippen LogP contribution in [0.3, 0.4) is 0 Å². The Balaban J connectivity index is 1.76. The Morgan fingerprint density at radius 1 is 1.16 bits per heavy atom. The predicted molar refractivity (Wildman–Crippen MR) is 96.6 cm³/mol. The fourth-order valence-corrected chi connectivity index (χ4v) is 3.51. The van der Waals surface area contributed by atoms with Gasteiger partial charge in [-0.3, -0.25) is 4.79 Å². The molecule has 0 amide bonds. The highest BCUT2D eigenvalue weighted by Gasteiger charge is 2.19. The fraction of sp³-hybridized carbons (Fsp3) is 0.222. The summed E-state index contributed by atoms with van der Waals surface area (Å²) < 4.78 is 5.21. The number of rotatable bonds is 8. The number of Topliss-reactive ketones (excluding diaryl/α,β-unsaturated/α-hetero) is 1. The Kier molecular flexibility index (Phi) is 5.79. The molecule has 3 aromatic rings. The average Bonchev–Trinajstić information content (AvgIpc) is 3.19. The topological polar surface area (TPSA) is 80.8 Å². The lowest BCUT2D eigenvalue weighted by Crippen LogP contribution is -2.06. The Hall–Kier alpha value is -2.67. The maximum atomic E-state index is 12.6. The van der Waals surface area contributed by atoms with Gasteiger partial charge in [-0.25, -0.2) is 0 Å². The second-order valence-electron chi connectivity index (χ2n) is 5.39. The summed E-state index contributed by atoms with van der Waals surface area (Å²) in [5.41, 5.74) is 1.79. The smallest absolute Gasteiger partial charge is 0.184 e. The largest absolute Gasteiger partial charge is 0.497 e. The van der Waals surface area contributed by atoms with Gasteiger partial charge in [-0.15, -0.1) is 22.0 Å². The number of hydrogen-bond donors (Lipinski definition) is 1. The summed E-state index contributed by atoms with van der Waals surface area (Å²) in [6, 6.07) is 17.1. The number of ether oxygens (including phenoxy) is 1. The summed E-state index contributed by atoms with van der Waals surface area (Å²) in [5.74, 6) is 2.10. The van der Waals surface area contributed by atoms with Crippen molar-refractivity contribution in [1.29, 1.82) is 0 Å². The van der Waals surface area contributed by atoms with Crippen LogP contribution in [-0.2, 0) is 5.75 Å². The summed E-state index contributed by atoms with van der Waals surface area (Å²) in [7, 11) is 1.64. The number of aromatic nitrogens is 4. The maximum Gasteiger partial charge on any atom is 0.184 e. The van der Waals surface area contributed by atoms with Crippen LogP contribution in [0.15, 0.2) is 54.6 Å². The second kappa shape index (κ2) is 8.43. The van der Waals surface area contributed by atoms with E-state index < -0.39 is 0 Å². The normalized spacial score (nSPS) is 11.9. The Bertz CT molecular complexity index is 792. The van der Waals surface area contributed by atoms with Crippen LogP contribution in [0.2, 0.25) is 0 Å². The van der Waals surface area contributed by atoms with Crippen molar-refractivity contribution in [2.24, 2.45) is 0 Å². The van der Waals surface area contributed by atoms with Crippen LogP contribution in [0.4, 0.5) is 0 Å². The Morgan fingerprint density at radius 3 is 2.56 bits per heavy atom. The standard InChI is InChI=1S/C18H18N4O2S/c1-24-15-9-7-14(8-10-15)17(25-12-18-19-21-22-20-18)11-16(23)13-5-3-2-4-6-13/h2-10,17H,11-12H2,1H3,(H,19,20,21,22). The Morgan fingerprint density at radius 2 is 1.92 bits per heavy atom. The highest BCUT2D eigenvalue weighted by atomic mass is 32.2. The number of hydrogen-bond acceptors (Lipinski definition) is 6. The minimum atomic E-state index is -0.00267. The van der Waals surface area contributed by atoms with E-state index in [4.69, 9.17) is 4.74 Å². The van der Waals surface area contributed by atoms with Crippen molar-refractivity contribution in [3.05, 3.63) is 71.5 Å². The van der Waals surface area contributed by atoms with Gasteiger partial charge in [0.05, 0.1) is 12.9 Å². The van der Waals surface area contributed by atoms with E-state index in [1.165, 1.54) is 0 Å². The first-order chi connectivity index (χ1) is 12.3. The van der Waals surface area contributed by atoms with Gasteiger partial charge in [0.1, 0.15) is 5.75 Å². The average molecular weight is 354 g/mol. The molecule has 0 bridgehead atoms. The van der Waals surface area contributed by atoms with Crippen molar-refractivity contribution in [3.8, 4) is 5.75 Å². The van der Waals surface area contributed by atoms with Crippen LogP contribution in [0.5, 0.6) is 5.75 Å². The maximum absolute atomic E-state index is 12.6. The number of nitrogens with one attached hydrogen (secondary N) is 1. The summed E-state index contributed by atoms with van der Waals surface area (Å²) >= 11 is 1.62. The SMILES string of the molecule is COc1ccc(C(CC(=O)c2ccccc2)SCc2nn[nH]n2)cc1. The number of tetrazole rings is 1. The molecule has 1 heterocycles. The van der Waals surface area contributed by atoms with E-state index >= 15 is 0 Å². The number of nitrogens with zero attached hydrogens (tertiary/aromatic N) is 3. The molecule has 6 nitrogen and oxygen atoms in total. The number of H-pyrrole nitrogens is 1. The van der Waals surface area contributed by atoms with Gasteiger partial charge in [0.25, 0.3) is 0 Å². The van der Waals surface area contributed by atoms with Crippen LogP contribution in [-0.4, -0.2) is 33.5 Å².